The number of aliphatic hydroxyl groups excluding tert-OH is 1. The Bertz CT molecular complexity index is 2150. The van der Waals surface area contributed by atoms with Gasteiger partial charge in [0.1, 0.15) is 11.3 Å². The average molecular weight is 907 g/mol. The smallest absolute Gasteiger partial charge is 0.339 e. The van der Waals surface area contributed by atoms with Crippen LogP contribution in [0.25, 0.3) is 0 Å². The maximum Gasteiger partial charge on any atom is 0.339 e. The maximum absolute atomic E-state index is 14.8. The number of aromatic carboxylic acids is 1. The van der Waals surface area contributed by atoms with Crippen molar-refractivity contribution in [3.05, 3.63) is 76.9 Å². The van der Waals surface area contributed by atoms with Gasteiger partial charge in [-0.05, 0) is 184 Å². The number of rotatable bonds is 14. The summed E-state index contributed by atoms with van der Waals surface area (Å²) < 4.78 is 5.95. The third-order valence-electron chi connectivity index (χ3n) is 19.6. The van der Waals surface area contributed by atoms with Crippen molar-refractivity contribution >= 4 is 17.8 Å². The second-order valence-electron chi connectivity index (χ2n) is 23.7. The summed E-state index contributed by atoms with van der Waals surface area (Å²) >= 11 is 0. The zero-order valence-corrected chi connectivity index (χ0v) is 41.6. The Morgan fingerprint density at radius 3 is 2.33 bits per heavy atom. The molecule has 2 aromatic rings. The predicted octanol–water partition coefficient (Wildman–Crippen LogP) is 9.44. The van der Waals surface area contributed by atoms with E-state index in [0.717, 1.165) is 76.6 Å². The van der Waals surface area contributed by atoms with Crippen molar-refractivity contribution < 1.29 is 29.3 Å². The molecule has 10 heteroatoms. The van der Waals surface area contributed by atoms with Gasteiger partial charge in [0.25, 0.3) is 5.91 Å². The topological polar surface area (TPSA) is 140 Å². The Kier molecular flexibility index (Phi) is 13.8. The highest BCUT2D eigenvalue weighted by Crippen LogP contribution is 2.77. The van der Waals surface area contributed by atoms with E-state index >= 15 is 0 Å². The van der Waals surface area contributed by atoms with Gasteiger partial charge in [-0.2, -0.15) is 0 Å². The molecule has 66 heavy (non-hydrogen) atoms. The van der Waals surface area contributed by atoms with Crippen LogP contribution < -0.4 is 20.7 Å². The molecule has 0 bridgehead atoms. The summed E-state index contributed by atoms with van der Waals surface area (Å²) in [5, 5.41) is 31.1. The van der Waals surface area contributed by atoms with Crippen molar-refractivity contribution in [3.8, 4) is 5.75 Å². The minimum atomic E-state index is -1.07. The van der Waals surface area contributed by atoms with Crippen molar-refractivity contribution in [2.24, 2.45) is 56.7 Å². The first-order valence-corrected chi connectivity index (χ1v) is 25.7. The van der Waals surface area contributed by atoms with Crippen LogP contribution in [0.1, 0.15) is 158 Å². The number of benzene rings is 2. The van der Waals surface area contributed by atoms with Crippen LogP contribution >= 0.6 is 0 Å². The van der Waals surface area contributed by atoms with Crippen molar-refractivity contribution in [2.75, 3.05) is 32.8 Å². The van der Waals surface area contributed by atoms with Crippen LogP contribution in [0.5, 0.6) is 5.75 Å². The highest BCUT2D eigenvalue weighted by atomic mass is 16.5. The van der Waals surface area contributed by atoms with Crippen LogP contribution in [0, 0.1) is 56.7 Å². The van der Waals surface area contributed by atoms with Gasteiger partial charge in [-0.25, -0.2) is 4.79 Å². The molecule has 6 aliphatic rings. The van der Waals surface area contributed by atoms with Crippen LogP contribution in [0.2, 0.25) is 0 Å². The second-order valence-corrected chi connectivity index (χ2v) is 23.7. The number of ether oxygens (including phenoxy) is 1. The summed E-state index contributed by atoms with van der Waals surface area (Å²) in [4.78, 5) is 42.9. The Morgan fingerprint density at radius 1 is 0.848 bits per heavy atom. The third kappa shape index (κ3) is 8.67. The Labute approximate surface area is 395 Å². The molecule has 1 heterocycles. The molecule has 0 spiro atoms. The molecule has 362 valence electrons. The largest absolute Gasteiger partial charge is 0.493 e. The SMILES string of the molecule is C=C(C)[C@@H]1CC[C@]2(C(=O)NCCc3cccc(C(=O)NCc4ccc(OCCCN5CC(C)NC(C)C5)c(C(=O)O)c4)c3)CC[C@]3(C)C(CCC4[C@@]5(C)CC[C@H](O)C(C)(C)C5CC[C@]43C)C12. The van der Waals surface area contributed by atoms with E-state index in [1.165, 1.54) is 24.8 Å². The van der Waals surface area contributed by atoms with E-state index in [1.54, 1.807) is 24.3 Å². The van der Waals surface area contributed by atoms with Crippen molar-refractivity contribution in [3.63, 3.8) is 0 Å². The fourth-order valence-corrected chi connectivity index (χ4v) is 16.2. The number of nitrogens with one attached hydrogen (secondary N) is 3. The van der Waals surface area contributed by atoms with Crippen LogP contribution in [-0.4, -0.2) is 83.9 Å². The number of piperazine rings is 1. The number of nitrogens with zero attached hydrogens (tertiary/aromatic N) is 1. The minimum absolute atomic E-state index is 0.0705. The quantitative estimate of drug-likeness (QED) is 0.0934. The van der Waals surface area contributed by atoms with Gasteiger partial charge in [-0.3, -0.25) is 9.59 Å². The van der Waals surface area contributed by atoms with Crippen molar-refractivity contribution in [1.29, 1.82) is 0 Å². The summed E-state index contributed by atoms with van der Waals surface area (Å²) in [7, 11) is 0. The fraction of sp³-hybridized carbons (Fsp3) is 0.696. The van der Waals surface area contributed by atoms with Gasteiger partial charge in [-0.15, -0.1) is 0 Å². The summed E-state index contributed by atoms with van der Waals surface area (Å²) in [6, 6.07) is 13.5. The number of allylic oxidation sites excluding steroid dienone is 1. The fourth-order valence-electron chi connectivity index (χ4n) is 16.2. The summed E-state index contributed by atoms with van der Waals surface area (Å²) in [6.45, 7) is 27.6. The summed E-state index contributed by atoms with van der Waals surface area (Å²) in [6.07, 6.45) is 11.9. The zero-order chi connectivity index (χ0) is 47.4. The van der Waals surface area contributed by atoms with Crippen LogP contribution in [0.15, 0.2) is 54.6 Å². The molecule has 5 N–H and O–H groups in total. The van der Waals surface area contributed by atoms with E-state index in [2.05, 4.69) is 82.8 Å². The molecular formula is C56H82N4O6. The molecule has 1 aliphatic heterocycles. The number of aliphatic hydroxyl groups is 1. The molecule has 0 aromatic heterocycles. The Morgan fingerprint density at radius 2 is 1.61 bits per heavy atom. The third-order valence-corrected chi connectivity index (χ3v) is 19.6. The molecule has 1 saturated heterocycles. The van der Waals surface area contributed by atoms with E-state index in [9.17, 15) is 24.6 Å². The molecule has 10 nitrogen and oxygen atoms in total. The first-order valence-electron chi connectivity index (χ1n) is 25.7. The number of hydrogen-bond acceptors (Lipinski definition) is 7. The van der Waals surface area contributed by atoms with Crippen molar-refractivity contribution in [1.82, 2.24) is 20.9 Å². The Balaban J connectivity index is 0.873. The number of carbonyl (C=O) groups is 3. The highest BCUT2D eigenvalue weighted by Gasteiger charge is 2.71. The van der Waals surface area contributed by atoms with E-state index in [0.29, 0.717) is 72.2 Å². The van der Waals surface area contributed by atoms with Crippen LogP contribution in [-0.2, 0) is 17.8 Å². The number of amides is 2. The molecule has 2 aromatic carbocycles. The van der Waals surface area contributed by atoms with E-state index in [4.69, 9.17) is 4.74 Å². The van der Waals surface area contributed by atoms with E-state index in [1.807, 2.05) is 18.2 Å². The summed E-state index contributed by atoms with van der Waals surface area (Å²) in [5.41, 5.74) is 3.56. The predicted molar refractivity (Wildman–Crippen MR) is 261 cm³/mol. The molecule has 5 aliphatic carbocycles. The lowest BCUT2D eigenvalue weighted by Crippen LogP contribution is -2.67. The normalized spacial score (nSPS) is 37.0. The standard InChI is InChI=1S/C56H82N4O6/c1-35(2)41-18-24-56(26-25-54(8)43(48(41)56)15-17-46-53(7)22-20-47(61)52(5,6)45(53)19-23-55(46,54)9)51(65)57-27-21-38-12-10-13-40(30-38)49(62)58-32-39-14-16-44(42(31-39)50(63)64)66-29-11-28-60-33-36(3)59-37(4)34-60/h10,12-14,16,30-31,36-37,41,43,45-48,59,61H,1,11,15,17-29,32-34H2,2-9H3,(H,57,65)(H,58,62)(H,63,64)/t36?,37?,41-,43?,45?,46?,47-,48?,53-,54+,55+,56-/m0/s1. The number of carboxylic acids is 1. The van der Waals surface area contributed by atoms with E-state index in [-0.39, 0.29) is 57.6 Å². The molecule has 0 radical (unpaired) electrons. The number of carboxylic acid groups (broad SMARTS) is 1. The van der Waals surface area contributed by atoms with Gasteiger partial charge in [0.15, 0.2) is 0 Å². The van der Waals surface area contributed by atoms with E-state index < -0.39 is 11.4 Å². The van der Waals surface area contributed by atoms with Crippen LogP contribution in [0.4, 0.5) is 0 Å². The number of fused-ring (bicyclic) bond motifs is 7. The average Bonchev–Trinajstić information content (AvgIpc) is 3.67. The lowest BCUT2D eigenvalue weighted by Gasteiger charge is -2.72. The van der Waals surface area contributed by atoms with Gasteiger partial charge in [-0.1, -0.05) is 65.0 Å². The summed E-state index contributed by atoms with van der Waals surface area (Å²) in [5.74, 6) is 1.47. The molecule has 5 saturated carbocycles. The number of hydrogen-bond donors (Lipinski definition) is 5. The molecule has 12 atom stereocenters. The van der Waals surface area contributed by atoms with Gasteiger partial charge in [0.05, 0.1) is 18.1 Å². The lowest BCUT2D eigenvalue weighted by molar-refractivity contribution is -0.246. The first kappa shape index (κ1) is 48.7. The van der Waals surface area contributed by atoms with Gasteiger partial charge in [0, 0.05) is 50.4 Å². The van der Waals surface area contributed by atoms with Gasteiger partial charge in [0.2, 0.25) is 5.91 Å². The Hall–Kier alpha value is -3.73. The molecule has 2 amide bonds. The second kappa shape index (κ2) is 18.6. The molecule has 6 fully saturated rings. The molecule has 8 rings (SSSR count). The zero-order valence-electron chi connectivity index (χ0n) is 41.6. The first-order chi connectivity index (χ1) is 31.2. The molecular weight excluding hydrogens is 825 g/mol. The molecule has 6 unspecified atom stereocenters. The van der Waals surface area contributed by atoms with Crippen LogP contribution in [0.3, 0.4) is 0 Å². The highest BCUT2D eigenvalue weighted by molar-refractivity contribution is 5.94. The minimum Gasteiger partial charge on any atom is -0.493 e. The maximum atomic E-state index is 14.8. The number of carbonyl (C=O) groups excluding carboxylic acids is 2. The van der Waals surface area contributed by atoms with Gasteiger partial charge < -0.3 is 35.8 Å². The lowest BCUT2D eigenvalue weighted by atomic mass is 9.32. The monoisotopic (exact) mass is 907 g/mol. The van der Waals surface area contributed by atoms with Crippen molar-refractivity contribution in [2.45, 2.75) is 157 Å². The van der Waals surface area contributed by atoms with Gasteiger partial charge >= 0.3 is 5.97 Å².